The van der Waals surface area contributed by atoms with Crippen LogP contribution in [0.2, 0.25) is 0 Å². The van der Waals surface area contributed by atoms with Crippen LogP contribution in [-0.4, -0.2) is 5.11 Å². The van der Waals surface area contributed by atoms with E-state index in [1.165, 1.54) is 0 Å². The molecular weight excluding hydrogens is 220 g/mol. The average molecular weight is 227 g/mol. The van der Waals surface area contributed by atoms with Gasteiger partial charge in [0.25, 0.3) is 0 Å². The maximum Gasteiger partial charge on any atom is 0.137 e. The summed E-state index contributed by atoms with van der Waals surface area (Å²) in [6, 6.07) is 5.80. The molecule has 2 nitrogen and oxygen atoms in total. The van der Waals surface area contributed by atoms with E-state index in [2.05, 4.69) is 15.9 Å². The van der Waals surface area contributed by atoms with E-state index >= 15 is 0 Å². The molecule has 2 rings (SSSR count). The Labute approximate surface area is 78.3 Å². The van der Waals surface area contributed by atoms with Gasteiger partial charge < -0.3 is 9.52 Å². The second kappa shape index (κ2) is 2.92. The third-order valence-electron chi connectivity index (χ3n) is 1.82. The summed E-state index contributed by atoms with van der Waals surface area (Å²) in [5.74, 6) is 0.601. The molecule has 0 fully saturated rings. The SMILES string of the molecule is OCc1occc2ccc(Br)c1-2. The second-order valence-electron chi connectivity index (χ2n) is 2.51. The molecule has 0 saturated carbocycles. The van der Waals surface area contributed by atoms with Crippen molar-refractivity contribution in [3.05, 3.63) is 34.7 Å². The summed E-state index contributed by atoms with van der Waals surface area (Å²) in [4.78, 5) is 0. The zero-order chi connectivity index (χ0) is 8.55. The van der Waals surface area contributed by atoms with E-state index in [1.807, 2.05) is 18.2 Å². The second-order valence-corrected chi connectivity index (χ2v) is 3.37. The Balaban J connectivity index is 2.72. The fourth-order valence-corrected chi connectivity index (χ4v) is 1.85. The van der Waals surface area contributed by atoms with E-state index in [4.69, 9.17) is 9.52 Å². The molecule has 0 spiro atoms. The van der Waals surface area contributed by atoms with Crippen LogP contribution in [0.1, 0.15) is 5.76 Å². The van der Waals surface area contributed by atoms with Gasteiger partial charge in [-0.1, -0.05) is 22.0 Å². The van der Waals surface area contributed by atoms with Crippen LogP contribution < -0.4 is 0 Å². The fraction of sp³-hybridized carbons (Fsp3) is 0.111. The van der Waals surface area contributed by atoms with Gasteiger partial charge in [-0.2, -0.15) is 0 Å². The van der Waals surface area contributed by atoms with Crippen LogP contribution in [0.4, 0.5) is 0 Å². The maximum atomic E-state index is 8.96. The lowest BCUT2D eigenvalue weighted by Gasteiger charge is -2.03. The molecule has 0 bridgehead atoms. The number of halogens is 1. The van der Waals surface area contributed by atoms with Gasteiger partial charge in [0, 0.05) is 10.0 Å². The van der Waals surface area contributed by atoms with Crippen molar-refractivity contribution in [1.82, 2.24) is 0 Å². The molecule has 1 aliphatic heterocycles. The van der Waals surface area contributed by atoms with Crippen molar-refractivity contribution in [2.45, 2.75) is 6.61 Å². The monoisotopic (exact) mass is 226 g/mol. The molecule has 0 aromatic heterocycles. The van der Waals surface area contributed by atoms with Gasteiger partial charge in [-0.15, -0.1) is 0 Å². The van der Waals surface area contributed by atoms with Gasteiger partial charge in [-0.05, 0) is 17.7 Å². The van der Waals surface area contributed by atoms with E-state index in [9.17, 15) is 0 Å². The number of hydrogen-bond acceptors (Lipinski definition) is 2. The number of fused-ring (bicyclic) bond motifs is 1. The van der Waals surface area contributed by atoms with E-state index in [-0.39, 0.29) is 6.61 Å². The molecule has 1 aliphatic carbocycles. The summed E-state index contributed by atoms with van der Waals surface area (Å²) >= 11 is 3.39. The third kappa shape index (κ3) is 1.06. The lowest BCUT2D eigenvalue weighted by atomic mass is 10.1. The highest BCUT2D eigenvalue weighted by atomic mass is 79.9. The molecule has 0 saturated heterocycles. The van der Waals surface area contributed by atoms with Crippen LogP contribution in [0.15, 0.2) is 33.4 Å². The number of rotatable bonds is 1. The molecule has 0 aromatic carbocycles. The Hall–Kier alpha value is -0.800. The lowest BCUT2D eigenvalue weighted by Crippen LogP contribution is -1.87. The summed E-state index contributed by atoms with van der Waals surface area (Å²) in [5, 5.41) is 8.96. The molecule has 12 heavy (non-hydrogen) atoms. The number of aliphatic hydroxyl groups excluding tert-OH is 1. The van der Waals surface area contributed by atoms with E-state index < -0.39 is 0 Å². The molecule has 62 valence electrons. The van der Waals surface area contributed by atoms with E-state index in [1.54, 1.807) is 6.26 Å². The summed E-state index contributed by atoms with van der Waals surface area (Å²) in [6.45, 7) is -0.0695. The summed E-state index contributed by atoms with van der Waals surface area (Å²) in [6.07, 6.45) is 1.58. The Kier molecular flexibility index (Phi) is 1.90. The van der Waals surface area contributed by atoms with Crippen LogP contribution in [0.5, 0.6) is 0 Å². The fourth-order valence-electron chi connectivity index (χ4n) is 1.27. The van der Waals surface area contributed by atoms with Gasteiger partial charge in [0.15, 0.2) is 0 Å². The first-order chi connectivity index (χ1) is 5.83. The quantitative estimate of drug-likeness (QED) is 0.812. The molecule has 0 radical (unpaired) electrons. The number of aliphatic hydroxyl groups is 1. The maximum absolute atomic E-state index is 8.96. The zero-order valence-electron chi connectivity index (χ0n) is 6.25. The van der Waals surface area contributed by atoms with Crippen LogP contribution in [0.25, 0.3) is 11.1 Å². The Bertz CT molecular complexity index is 367. The van der Waals surface area contributed by atoms with Gasteiger partial charge in [0.05, 0.1) is 6.26 Å². The topological polar surface area (TPSA) is 33.4 Å². The first-order valence-electron chi connectivity index (χ1n) is 3.58. The summed E-state index contributed by atoms with van der Waals surface area (Å²) in [5.41, 5.74) is 2.04. The van der Waals surface area contributed by atoms with E-state index in [0.717, 1.165) is 15.6 Å². The first-order valence-corrected chi connectivity index (χ1v) is 4.37. The van der Waals surface area contributed by atoms with Gasteiger partial charge in [0.1, 0.15) is 12.4 Å². The van der Waals surface area contributed by atoms with Crippen LogP contribution >= 0.6 is 15.9 Å². The highest BCUT2D eigenvalue weighted by molar-refractivity contribution is 9.10. The minimum atomic E-state index is -0.0695. The minimum absolute atomic E-state index is 0.0695. The summed E-state index contributed by atoms with van der Waals surface area (Å²) < 4.78 is 6.11. The van der Waals surface area contributed by atoms with Gasteiger partial charge in [-0.25, -0.2) is 0 Å². The molecule has 2 aliphatic rings. The molecule has 1 heterocycles. The highest BCUT2D eigenvalue weighted by Crippen LogP contribution is 2.34. The first kappa shape index (κ1) is 7.83. The highest BCUT2D eigenvalue weighted by Gasteiger charge is 2.13. The number of hydrogen-bond donors (Lipinski definition) is 1. The molecule has 3 heteroatoms. The zero-order valence-corrected chi connectivity index (χ0v) is 7.84. The smallest absolute Gasteiger partial charge is 0.137 e. The van der Waals surface area contributed by atoms with Crippen molar-refractivity contribution in [1.29, 1.82) is 0 Å². The van der Waals surface area contributed by atoms with Crippen molar-refractivity contribution < 1.29 is 9.52 Å². The molecule has 0 aromatic rings. The standard InChI is InChI=1S/C9H7BrO2/c10-7-2-1-6-3-4-12-8(5-11)9(6)7/h1-4,11H,5H2. The van der Waals surface area contributed by atoms with Crippen LogP contribution in [-0.2, 0) is 6.61 Å². The van der Waals surface area contributed by atoms with Crippen molar-refractivity contribution >= 4 is 15.9 Å². The van der Waals surface area contributed by atoms with Gasteiger partial charge in [0.2, 0.25) is 0 Å². The molecule has 0 atom stereocenters. The third-order valence-corrected chi connectivity index (χ3v) is 2.48. The van der Waals surface area contributed by atoms with Crippen molar-refractivity contribution in [3.8, 4) is 11.1 Å². The van der Waals surface area contributed by atoms with E-state index in [0.29, 0.717) is 5.76 Å². The Morgan fingerprint density at radius 2 is 2.17 bits per heavy atom. The molecule has 1 N–H and O–H groups in total. The predicted octanol–water partition coefficient (Wildman–Crippen LogP) is 2.64. The minimum Gasteiger partial charge on any atom is -0.466 e. The van der Waals surface area contributed by atoms with Crippen LogP contribution in [0, 0.1) is 0 Å². The van der Waals surface area contributed by atoms with Crippen molar-refractivity contribution in [2.24, 2.45) is 0 Å². The van der Waals surface area contributed by atoms with Crippen molar-refractivity contribution in [2.75, 3.05) is 0 Å². The Morgan fingerprint density at radius 3 is 2.92 bits per heavy atom. The largest absolute Gasteiger partial charge is 0.466 e. The van der Waals surface area contributed by atoms with Gasteiger partial charge >= 0.3 is 0 Å². The summed E-state index contributed by atoms with van der Waals surface area (Å²) in [7, 11) is 0. The van der Waals surface area contributed by atoms with Gasteiger partial charge in [-0.3, -0.25) is 0 Å². The Morgan fingerprint density at radius 1 is 1.33 bits per heavy atom. The molecular formula is C9H7BrO2. The normalized spacial score (nSPS) is 10.8. The van der Waals surface area contributed by atoms with Crippen molar-refractivity contribution in [3.63, 3.8) is 0 Å². The molecule has 0 amide bonds. The van der Waals surface area contributed by atoms with Crippen LogP contribution in [0.3, 0.4) is 0 Å². The lowest BCUT2D eigenvalue weighted by molar-refractivity contribution is 0.245. The molecule has 0 unspecified atom stereocenters. The average Bonchev–Trinajstić information content (AvgIpc) is 2.48. The predicted molar refractivity (Wildman–Crippen MR) is 49.0 cm³/mol.